The van der Waals surface area contributed by atoms with Gasteiger partial charge >= 0.3 is 0 Å². The molecular weight excluding hydrogens is 395 g/mol. The van der Waals surface area contributed by atoms with E-state index >= 15 is 4.39 Å². The molecule has 0 fully saturated rings. The normalized spacial score (nSPS) is 11.6. The summed E-state index contributed by atoms with van der Waals surface area (Å²) in [5.41, 5.74) is 5.71. The van der Waals surface area contributed by atoms with Gasteiger partial charge in [-0.15, -0.1) is 0 Å². The lowest BCUT2D eigenvalue weighted by atomic mass is 9.84. The van der Waals surface area contributed by atoms with E-state index in [1.165, 1.54) is 30.4 Å². The third-order valence-corrected chi connectivity index (χ3v) is 6.07. The summed E-state index contributed by atoms with van der Waals surface area (Å²) >= 11 is 0. The summed E-state index contributed by atoms with van der Waals surface area (Å²) in [6.45, 7) is 9.63. The number of hydrogen-bond acceptors (Lipinski definition) is 1. The van der Waals surface area contributed by atoms with Crippen LogP contribution in [-0.4, -0.2) is 5.78 Å². The SMILES string of the molecule is CCCCCc1ccc(-c2ccc(-c3ccc(C(=O)C(C)(C)C)c(F)c3CC)cc2)cc1. The molecule has 0 aromatic heterocycles. The molecule has 0 atom stereocenters. The molecule has 0 saturated heterocycles. The average molecular weight is 431 g/mol. The maximum Gasteiger partial charge on any atom is 0.171 e. The number of halogens is 1. The Morgan fingerprint density at radius 3 is 1.88 bits per heavy atom. The van der Waals surface area contributed by atoms with Gasteiger partial charge in [-0.05, 0) is 58.7 Å². The van der Waals surface area contributed by atoms with E-state index in [4.69, 9.17) is 0 Å². The van der Waals surface area contributed by atoms with Crippen LogP contribution in [0.15, 0.2) is 60.7 Å². The zero-order chi connectivity index (χ0) is 23.3. The molecule has 3 aromatic carbocycles. The number of ketones is 1. The lowest BCUT2D eigenvalue weighted by Crippen LogP contribution is -2.22. The fourth-order valence-corrected chi connectivity index (χ4v) is 4.10. The molecule has 0 unspecified atom stereocenters. The van der Waals surface area contributed by atoms with Gasteiger partial charge in [-0.1, -0.05) is 102 Å². The molecule has 0 aliphatic heterocycles. The lowest BCUT2D eigenvalue weighted by molar-refractivity contribution is 0.0853. The van der Waals surface area contributed by atoms with E-state index in [1.807, 2.05) is 45.9 Å². The van der Waals surface area contributed by atoms with Crippen molar-refractivity contribution in [2.24, 2.45) is 5.41 Å². The molecule has 32 heavy (non-hydrogen) atoms. The summed E-state index contributed by atoms with van der Waals surface area (Å²) in [5.74, 6) is -0.544. The van der Waals surface area contributed by atoms with Crippen LogP contribution < -0.4 is 0 Å². The number of benzene rings is 3. The van der Waals surface area contributed by atoms with Crippen LogP contribution in [0.4, 0.5) is 4.39 Å². The molecule has 0 aliphatic carbocycles. The molecule has 168 valence electrons. The summed E-state index contributed by atoms with van der Waals surface area (Å²) in [6, 6.07) is 20.6. The molecule has 0 aliphatic rings. The quantitative estimate of drug-likeness (QED) is 0.258. The summed E-state index contributed by atoms with van der Waals surface area (Å²) < 4.78 is 15.3. The molecule has 0 amide bonds. The van der Waals surface area contributed by atoms with Gasteiger partial charge < -0.3 is 0 Å². The number of rotatable bonds is 8. The zero-order valence-electron chi connectivity index (χ0n) is 20.1. The van der Waals surface area contributed by atoms with Crippen molar-refractivity contribution >= 4 is 5.78 Å². The Balaban J connectivity index is 1.86. The smallest absolute Gasteiger partial charge is 0.171 e. The van der Waals surface area contributed by atoms with Crippen LogP contribution in [0.25, 0.3) is 22.3 Å². The van der Waals surface area contributed by atoms with Gasteiger partial charge in [-0.25, -0.2) is 4.39 Å². The van der Waals surface area contributed by atoms with Gasteiger partial charge in [0.2, 0.25) is 0 Å². The highest BCUT2D eigenvalue weighted by Gasteiger charge is 2.27. The van der Waals surface area contributed by atoms with Gasteiger partial charge in [0.1, 0.15) is 5.82 Å². The highest BCUT2D eigenvalue weighted by molar-refractivity contribution is 6.00. The van der Waals surface area contributed by atoms with Crippen molar-refractivity contribution in [1.29, 1.82) is 0 Å². The molecular formula is C30H35FO. The van der Waals surface area contributed by atoms with Crippen molar-refractivity contribution in [1.82, 2.24) is 0 Å². The van der Waals surface area contributed by atoms with Gasteiger partial charge in [0.05, 0.1) is 5.56 Å². The Hall–Kier alpha value is -2.74. The van der Waals surface area contributed by atoms with Crippen molar-refractivity contribution in [2.75, 3.05) is 0 Å². The van der Waals surface area contributed by atoms with Gasteiger partial charge in [-0.2, -0.15) is 0 Å². The second kappa shape index (κ2) is 10.3. The topological polar surface area (TPSA) is 17.1 Å². The van der Waals surface area contributed by atoms with E-state index in [0.717, 1.165) is 23.1 Å². The second-order valence-corrected chi connectivity index (χ2v) is 9.62. The number of carbonyl (C=O) groups is 1. The number of unbranched alkanes of at least 4 members (excludes halogenated alkanes) is 2. The van der Waals surface area contributed by atoms with Crippen molar-refractivity contribution in [3.8, 4) is 22.3 Å². The minimum absolute atomic E-state index is 0.162. The molecule has 3 rings (SSSR count). The van der Waals surface area contributed by atoms with Crippen molar-refractivity contribution in [3.63, 3.8) is 0 Å². The number of hydrogen-bond donors (Lipinski definition) is 0. The Labute approximate surface area is 192 Å². The fraction of sp³-hybridized carbons (Fsp3) is 0.367. The third-order valence-electron chi connectivity index (χ3n) is 6.07. The molecule has 2 heteroatoms. The number of Topliss-reactive ketones (excluding diaryl/α,β-unsaturated/α-hetero) is 1. The number of aryl methyl sites for hydroxylation is 1. The predicted octanol–water partition coefficient (Wildman–Crippen LogP) is 8.68. The van der Waals surface area contributed by atoms with Crippen LogP contribution >= 0.6 is 0 Å². The van der Waals surface area contributed by atoms with Gasteiger partial charge in [-0.3, -0.25) is 4.79 Å². The van der Waals surface area contributed by atoms with Crippen LogP contribution in [0, 0.1) is 11.2 Å². The first-order valence-corrected chi connectivity index (χ1v) is 11.8. The minimum atomic E-state index is -0.611. The summed E-state index contributed by atoms with van der Waals surface area (Å²) in [5, 5.41) is 0. The average Bonchev–Trinajstić information content (AvgIpc) is 2.78. The van der Waals surface area contributed by atoms with Crippen LogP contribution in [-0.2, 0) is 12.8 Å². The first-order chi connectivity index (χ1) is 15.3. The van der Waals surface area contributed by atoms with Crippen LogP contribution in [0.1, 0.15) is 75.4 Å². The molecule has 0 spiro atoms. The molecule has 0 bridgehead atoms. The van der Waals surface area contributed by atoms with Gasteiger partial charge in [0, 0.05) is 5.41 Å². The van der Waals surface area contributed by atoms with Crippen LogP contribution in [0.5, 0.6) is 0 Å². The minimum Gasteiger partial charge on any atom is -0.293 e. The first kappa shape index (κ1) is 23.9. The number of carbonyl (C=O) groups excluding carboxylic acids is 1. The van der Waals surface area contributed by atoms with E-state index in [9.17, 15) is 4.79 Å². The molecule has 0 heterocycles. The van der Waals surface area contributed by atoms with Gasteiger partial charge in [0.25, 0.3) is 0 Å². The zero-order valence-corrected chi connectivity index (χ0v) is 20.1. The van der Waals surface area contributed by atoms with E-state index in [1.54, 1.807) is 6.07 Å². The van der Waals surface area contributed by atoms with E-state index in [2.05, 4.69) is 43.3 Å². The molecule has 0 N–H and O–H groups in total. The molecule has 0 saturated carbocycles. The maximum absolute atomic E-state index is 15.3. The van der Waals surface area contributed by atoms with Crippen LogP contribution in [0.2, 0.25) is 0 Å². The van der Waals surface area contributed by atoms with E-state index in [0.29, 0.717) is 12.0 Å². The van der Waals surface area contributed by atoms with Crippen molar-refractivity contribution < 1.29 is 9.18 Å². The molecule has 3 aromatic rings. The Morgan fingerprint density at radius 2 is 1.34 bits per heavy atom. The lowest BCUT2D eigenvalue weighted by Gasteiger charge is -2.19. The Morgan fingerprint density at radius 1 is 0.781 bits per heavy atom. The standard InChI is InChI=1S/C30H35FO/c1-6-8-9-10-21-11-13-22(14-12-21)23-15-17-24(18-16-23)26-19-20-27(28(31)25(26)7-2)29(32)30(3,4)5/h11-20H,6-10H2,1-5H3. The summed E-state index contributed by atoms with van der Waals surface area (Å²) in [7, 11) is 0. The highest BCUT2D eigenvalue weighted by atomic mass is 19.1. The van der Waals surface area contributed by atoms with Crippen molar-refractivity contribution in [2.45, 2.75) is 66.7 Å². The predicted molar refractivity (Wildman–Crippen MR) is 134 cm³/mol. The largest absolute Gasteiger partial charge is 0.293 e. The third kappa shape index (κ3) is 5.35. The highest BCUT2D eigenvalue weighted by Crippen LogP contribution is 2.32. The fourth-order valence-electron chi connectivity index (χ4n) is 4.10. The molecule has 0 radical (unpaired) electrons. The monoisotopic (exact) mass is 430 g/mol. The summed E-state index contributed by atoms with van der Waals surface area (Å²) in [6.07, 6.45) is 5.42. The molecule has 1 nitrogen and oxygen atoms in total. The van der Waals surface area contributed by atoms with E-state index < -0.39 is 5.41 Å². The first-order valence-electron chi connectivity index (χ1n) is 11.8. The van der Waals surface area contributed by atoms with Crippen LogP contribution in [0.3, 0.4) is 0 Å². The Kier molecular flexibility index (Phi) is 7.66. The van der Waals surface area contributed by atoms with E-state index in [-0.39, 0.29) is 17.2 Å². The second-order valence-electron chi connectivity index (χ2n) is 9.62. The maximum atomic E-state index is 15.3. The Bertz CT molecular complexity index is 1050. The van der Waals surface area contributed by atoms with Crippen molar-refractivity contribution in [3.05, 3.63) is 83.2 Å². The van der Waals surface area contributed by atoms with Gasteiger partial charge in [0.15, 0.2) is 5.78 Å². The summed E-state index contributed by atoms with van der Waals surface area (Å²) in [4.78, 5) is 12.7.